The van der Waals surface area contributed by atoms with E-state index < -0.39 is 30.1 Å². The number of nitrogens with zero attached hydrogens (tertiary/aromatic N) is 3. The van der Waals surface area contributed by atoms with Crippen molar-refractivity contribution in [1.29, 1.82) is 0 Å². The fourth-order valence-electron chi connectivity index (χ4n) is 1.62. The van der Waals surface area contributed by atoms with Gasteiger partial charge in [-0.25, -0.2) is 9.59 Å². The van der Waals surface area contributed by atoms with Crippen LogP contribution in [0.25, 0.3) is 0 Å². The van der Waals surface area contributed by atoms with Crippen LogP contribution in [0.2, 0.25) is 0 Å². The first-order chi connectivity index (χ1) is 12.5. The van der Waals surface area contributed by atoms with Crippen LogP contribution in [0.4, 0.5) is 13.2 Å². The molecule has 0 aliphatic heterocycles. The fourth-order valence-corrected chi connectivity index (χ4v) is 2.18. The summed E-state index contributed by atoms with van der Waals surface area (Å²) in [7, 11) is 0. The number of carbonyl (C=O) groups excluding carboxylic acids is 1. The number of amides is 1. The van der Waals surface area contributed by atoms with E-state index in [4.69, 9.17) is 9.90 Å². The van der Waals surface area contributed by atoms with Crippen LogP contribution >= 0.6 is 11.5 Å². The first kappa shape index (κ1) is 22.0. The smallest absolute Gasteiger partial charge is 0.480 e. The van der Waals surface area contributed by atoms with E-state index in [1.165, 1.54) is 0 Å². The number of nitrogens with one attached hydrogen (secondary N) is 1. The maximum atomic E-state index is 12.0. The molecule has 0 radical (unpaired) electrons. The minimum absolute atomic E-state index is 0.189. The van der Waals surface area contributed by atoms with Gasteiger partial charge in [-0.2, -0.15) is 13.2 Å². The molecule has 0 saturated heterocycles. The number of aliphatic carboxylic acids is 2. The maximum absolute atomic E-state index is 12.0. The molecule has 13 heteroatoms. The van der Waals surface area contributed by atoms with Gasteiger partial charge in [-0.3, -0.25) is 9.78 Å². The Labute approximate surface area is 154 Å². The second-order valence-corrected chi connectivity index (χ2v) is 5.67. The van der Waals surface area contributed by atoms with Crippen LogP contribution in [-0.4, -0.2) is 54.8 Å². The van der Waals surface area contributed by atoms with E-state index in [9.17, 15) is 27.9 Å². The standard InChI is InChI=1S/C12H12N4O3S.C2HF3O2/c1-7-10(20-16-15-7)11(17)14-9(12(18)19)6-8-2-4-13-5-3-8;3-2(4,5)1(6)7/h2-5,9H,6H2,1H3,(H,14,17)(H,18,19);(H,6,7). The second-order valence-electron chi connectivity index (χ2n) is 4.91. The molecule has 0 aliphatic rings. The van der Waals surface area contributed by atoms with Crippen molar-refractivity contribution in [3.8, 4) is 0 Å². The third-order valence-electron chi connectivity index (χ3n) is 2.89. The normalized spacial score (nSPS) is 11.7. The molecule has 0 fully saturated rings. The third kappa shape index (κ3) is 7.35. The molecule has 0 bridgehead atoms. The van der Waals surface area contributed by atoms with Crippen molar-refractivity contribution in [1.82, 2.24) is 19.9 Å². The van der Waals surface area contributed by atoms with Crippen LogP contribution in [0, 0.1) is 6.92 Å². The van der Waals surface area contributed by atoms with E-state index in [-0.39, 0.29) is 6.42 Å². The average Bonchev–Trinajstić information content (AvgIpc) is 3.01. The highest BCUT2D eigenvalue weighted by atomic mass is 32.1. The summed E-state index contributed by atoms with van der Waals surface area (Å²) >= 11 is 0.942. The quantitative estimate of drug-likeness (QED) is 0.674. The Morgan fingerprint density at radius 2 is 1.78 bits per heavy atom. The third-order valence-corrected chi connectivity index (χ3v) is 3.72. The SMILES string of the molecule is Cc1nnsc1C(=O)NC(Cc1ccncc1)C(=O)O.O=C(O)C(F)(F)F. The molecular formula is C14H13F3N4O5S. The Balaban J connectivity index is 0.000000445. The van der Waals surface area contributed by atoms with Crippen LogP contribution in [0.15, 0.2) is 24.5 Å². The lowest BCUT2D eigenvalue weighted by Gasteiger charge is -2.13. The van der Waals surface area contributed by atoms with Crippen molar-refractivity contribution >= 4 is 29.4 Å². The summed E-state index contributed by atoms with van der Waals surface area (Å²) in [6.45, 7) is 1.65. The number of hydrogen-bond donors (Lipinski definition) is 3. The number of hydrogen-bond acceptors (Lipinski definition) is 7. The van der Waals surface area contributed by atoms with Gasteiger partial charge in [-0.1, -0.05) is 4.49 Å². The summed E-state index contributed by atoms with van der Waals surface area (Å²) in [4.78, 5) is 36.3. The predicted octanol–water partition coefficient (Wildman–Crippen LogP) is 1.30. The van der Waals surface area contributed by atoms with Gasteiger partial charge in [-0.15, -0.1) is 5.10 Å². The van der Waals surface area contributed by atoms with Gasteiger partial charge in [0.25, 0.3) is 5.91 Å². The highest BCUT2D eigenvalue weighted by molar-refractivity contribution is 7.08. The van der Waals surface area contributed by atoms with Crippen molar-refractivity contribution < 1.29 is 37.8 Å². The van der Waals surface area contributed by atoms with Crippen LogP contribution < -0.4 is 5.32 Å². The van der Waals surface area contributed by atoms with E-state index in [2.05, 4.69) is 19.9 Å². The fraction of sp³-hybridized carbons (Fsp3) is 0.286. The molecule has 2 aromatic rings. The van der Waals surface area contributed by atoms with Crippen molar-refractivity contribution in [3.05, 3.63) is 40.7 Å². The molecule has 0 spiro atoms. The number of carboxylic acid groups (broad SMARTS) is 2. The molecule has 0 saturated carbocycles. The largest absolute Gasteiger partial charge is 0.490 e. The van der Waals surface area contributed by atoms with Crippen molar-refractivity contribution in [2.24, 2.45) is 0 Å². The zero-order valence-corrected chi connectivity index (χ0v) is 14.4. The lowest BCUT2D eigenvalue weighted by molar-refractivity contribution is -0.192. The van der Waals surface area contributed by atoms with E-state index in [0.29, 0.717) is 10.6 Å². The number of halogens is 3. The number of aromatic nitrogens is 3. The second kappa shape index (κ2) is 9.56. The molecule has 3 N–H and O–H groups in total. The predicted molar refractivity (Wildman–Crippen MR) is 85.2 cm³/mol. The molecule has 2 aromatic heterocycles. The van der Waals surface area contributed by atoms with Crippen LogP contribution in [0.1, 0.15) is 20.9 Å². The summed E-state index contributed by atoms with van der Waals surface area (Å²) in [5.74, 6) is -4.32. The highest BCUT2D eigenvalue weighted by Gasteiger charge is 2.38. The Morgan fingerprint density at radius 3 is 2.19 bits per heavy atom. The molecule has 1 unspecified atom stereocenters. The van der Waals surface area contributed by atoms with Crippen LogP contribution in [0.3, 0.4) is 0 Å². The lowest BCUT2D eigenvalue weighted by Crippen LogP contribution is -2.42. The molecule has 1 atom stereocenters. The zero-order chi connectivity index (χ0) is 20.6. The van der Waals surface area contributed by atoms with E-state index >= 15 is 0 Å². The minimum atomic E-state index is -5.08. The molecule has 9 nitrogen and oxygen atoms in total. The molecule has 2 rings (SSSR count). The Morgan fingerprint density at radius 1 is 1.22 bits per heavy atom. The van der Waals surface area contributed by atoms with Crippen molar-refractivity contribution in [2.75, 3.05) is 0 Å². The van der Waals surface area contributed by atoms with E-state index in [0.717, 1.165) is 17.1 Å². The van der Waals surface area contributed by atoms with Crippen molar-refractivity contribution in [2.45, 2.75) is 25.6 Å². The topological polar surface area (TPSA) is 142 Å². The lowest BCUT2D eigenvalue weighted by atomic mass is 10.1. The number of alkyl halides is 3. The molecule has 27 heavy (non-hydrogen) atoms. The Hall–Kier alpha value is -3.09. The number of pyridine rings is 1. The monoisotopic (exact) mass is 406 g/mol. The van der Waals surface area contributed by atoms with Gasteiger partial charge in [0.05, 0.1) is 5.69 Å². The van der Waals surface area contributed by atoms with Gasteiger partial charge in [-0.05, 0) is 36.2 Å². The number of carbonyl (C=O) groups is 3. The zero-order valence-electron chi connectivity index (χ0n) is 13.6. The average molecular weight is 406 g/mol. The summed E-state index contributed by atoms with van der Waals surface area (Å²) in [5.41, 5.74) is 1.27. The van der Waals surface area contributed by atoms with Crippen molar-refractivity contribution in [3.63, 3.8) is 0 Å². The molecule has 2 heterocycles. The number of rotatable bonds is 5. The number of carboxylic acids is 2. The summed E-state index contributed by atoms with van der Waals surface area (Å²) in [5, 5.41) is 22.5. The number of aryl methyl sites for hydroxylation is 1. The summed E-state index contributed by atoms with van der Waals surface area (Å²) in [6, 6.07) is 2.41. The molecule has 146 valence electrons. The van der Waals surface area contributed by atoms with E-state index in [1.807, 2.05) is 0 Å². The van der Waals surface area contributed by atoms with Gasteiger partial charge in [0.2, 0.25) is 0 Å². The van der Waals surface area contributed by atoms with Gasteiger partial charge in [0.1, 0.15) is 10.9 Å². The van der Waals surface area contributed by atoms with Gasteiger partial charge < -0.3 is 15.5 Å². The Kier molecular flexibility index (Phi) is 7.78. The first-order valence-corrected chi connectivity index (χ1v) is 7.81. The van der Waals surface area contributed by atoms with E-state index in [1.54, 1.807) is 31.5 Å². The molecule has 0 aliphatic carbocycles. The van der Waals surface area contributed by atoms with Crippen LogP contribution in [-0.2, 0) is 16.0 Å². The molecule has 1 amide bonds. The molecule has 0 aromatic carbocycles. The minimum Gasteiger partial charge on any atom is -0.480 e. The highest BCUT2D eigenvalue weighted by Crippen LogP contribution is 2.13. The van der Waals surface area contributed by atoms with Crippen LogP contribution in [0.5, 0.6) is 0 Å². The first-order valence-electron chi connectivity index (χ1n) is 7.04. The summed E-state index contributed by atoms with van der Waals surface area (Å²) in [6.07, 6.45) is -1.74. The van der Waals surface area contributed by atoms with Gasteiger partial charge >= 0.3 is 18.1 Å². The Bertz CT molecular complexity index is 798. The summed E-state index contributed by atoms with van der Waals surface area (Å²) < 4.78 is 35.4. The van der Waals surface area contributed by atoms with Gasteiger partial charge in [0.15, 0.2) is 0 Å². The molecular weight excluding hydrogens is 393 g/mol. The van der Waals surface area contributed by atoms with Gasteiger partial charge in [0, 0.05) is 18.8 Å². The maximum Gasteiger partial charge on any atom is 0.490 e.